The van der Waals surface area contributed by atoms with E-state index in [-0.39, 0.29) is 0 Å². The molecule has 0 aliphatic carbocycles. The van der Waals surface area contributed by atoms with Crippen molar-refractivity contribution in [1.29, 1.82) is 0 Å². The third-order valence-electron chi connectivity index (χ3n) is 3.24. The Morgan fingerprint density at radius 3 is 2.84 bits per heavy atom. The topological polar surface area (TPSA) is 37.6 Å². The molecule has 0 radical (unpaired) electrons. The van der Waals surface area contributed by atoms with Gasteiger partial charge in [-0.05, 0) is 32.9 Å². The lowest BCUT2D eigenvalue weighted by Gasteiger charge is -2.25. The van der Waals surface area contributed by atoms with Crippen molar-refractivity contribution in [3.8, 4) is 0 Å². The van der Waals surface area contributed by atoms with E-state index in [2.05, 4.69) is 37.1 Å². The summed E-state index contributed by atoms with van der Waals surface area (Å²) in [5.41, 5.74) is 1.26. The van der Waals surface area contributed by atoms with E-state index in [1.54, 1.807) is 13.4 Å². The predicted molar refractivity (Wildman–Crippen MR) is 78.1 cm³/mol. The summed E-state index contributed by atoms with van der Waals surface area (Å²) in [5.74, 6) is 1.06. The minimum atomic E-state index is 0.483. The van der Waals surface area contributed by atoms with Gasteiger partial charge in [0, 0.05) is 31.8 Å². The van der Waals surface area contributed by atoms with Gasteiger partial charge in [-0.1, -0.05) is 6.92 Å². The number of nitrogens with one attached hydrogen (secondary N) is 1. The summed E-state index contributed by atoms with van der Waals surface area (Å²) >= 11 is 0. The maximum absolute atomic E-state index is 5.63. The van der Waals surface area contributed by atoms with Crippen LogP contribution in [0.5, 0.6) is 0 Å². The van der Waals surface area contributed by atoms with Gasteiger partial charge in [0.05, 0.1) is 19.4 Å². The Morgan fingerprint density at radius 1 is 1.42 bits per heavy atom. The van der Waals surface area contributed by atoms with Crippen molar-refractivity contribution in [1.82, 2.24) is 10.2 Å². The van der Waals surface area contributed by atoms with Crippen molar-refractivity contribution in [3.63, 3.8) is 0 Å². The van der Waals surface area contributed by atoms with E-state index < -0.39 is 0 Å². The molecule has 1 heterocycles. The number of hydrogen-bond donors (Lipinski definition) is 1. The molecule has 0 aliphatic rings. The smallest absolute Gasteiger partial charge is 0.122 e. The van der Waals surface area contributed by atoms with Crippen LogP contribution in [0.25, 0.3) is 0 Å². The second-order valence-corrected chi connectivity index (χ2v) is 5.10. The van der Waals surface area contributed by atoms with E-state index >= 15 is 0 Å². The molecule has 0 unspecified atom stereocenters. The Bertz CT molecular complexity index is 337. The summed E-state index contributed by atoms with van der Waals surface area (Å²) in [7, 11) is 1.74. The molecule has 0 fully saturated rings. The second-order valence-electron chi connectivity index (χ2n) is 5.10. The first-order valence-electron chi connectivity index (χ1n) is 7.18. The summed E-state index contributed by atoms with van der Waals surface area (Å²) in [6.45, 7) is 11.0. The largest absolute Gasteiger partial charge is 0.468 e. The lowest BCUT2D eigenvalue weighted by molar-refractivity contribution is 0.119. The van der Waals surface area contributed by atoms with Gasteiger partial charge in [0.25, 0.3) is 0 Å². The van der Waals surface area contributed by atoms with Gasteiger partial charge in [0.15, 0.2) is 0 Å². The molecule has 0 amide bonds. The van der Waals surface area contributed by atoms with Gasteiger partial charge in [-0.2, -0.15) is 0 Å². The minimum absolute atomic E-state index is 0.483. The molecule has 0 bridgehead atoms. The molecule has 0 saturated heterocycles. The third kappa shape index (κ3) is 5.76. The molecule has 1 aromatic rings. The highest BCUT2D eigenvalue weighted by atomic mass is 16.5. The molecule has 19 heavy (non-hydrogen) atoms. The fourth-order valence-electron chi connectivity index (χ4n) is 1.98. The predicted octanol–water partition coefficient (Wildman–Crippen LogP) is 2.64. The van der Waals surface area contributed by atoms with Gasteiger partial charge in [0.1, 0.15) is 5.76 Å². The first-order valence-corrected chi connectivity index (χ1v) is 7.18. The van der Waals surface area contributed by atoms with Crippen LogP contribution >= 0.6 is 0 Å². The Hall–Kier alpha value is -0.840. The average molecular weight is 268 g/mol. The number of hydrogen-bond acceptors (Lipinski definition) is 4. The fourth-order valence-corrected chi connectivity index (χ4v) is 1.98. The van der Waals surface area contributed by atoms with Gasteiger partial charge in [-0.3, -0.25) is 4.90 Å². The van der Waals surface area contributed by atoms with Crippen LogP contribution in [0.4, 0.5) is 0 Å². The Morgan fingerprint density at radius 2 is 2.21 bits per heavy atom. The zero-order valence-electron chi connectivity index (χ0n) is 12.7. The average Bonchev–Trinajstić information content (AvgIpc) is 2.82. The lowest BCUT2D eigenvalue weighted by atomic mass is 10.2. The van der Waals surface area contributed by atoms with E-state index in [9.17, 15) is 0 Å². The van der Waals surface area contributed by atoms with Crippen molar-refractivity contribution in [2.75, 3.05) is 26.8 Å². The van der Waals surface area contributed by atoms with Gasteiger partial charge in [-0.25, -0.2) is 0 Å². The van der Waals surface area contributed by atoms with Crippen molar-refractivity contribution >= 4 is 0 Å². The van der Waals surface area contributed by atoms with E-state index in [1.165, 1.54) is 5.56 Å². The van der Waals surface area contributed by atoms with Crippen LogP contribution < -0.4 is 5.32 Å². The molecule has 1 aromatic heterocycles. The maximum atomic E-state index is 5.63. The molecule has 1 rings (SSSR count). The highest BCUT2D eigenvalue weighted by molar-refractivity contribution is 5.16. The fraction of sp³-hybridized carbons (Fsp3) is 0.733. The van der Waals surface area contributed by atoms with Crippen LogP contribution in [0, 0.1) is 0 Å². The van der Waals surface area contributed by atoms with Crippen molar-refractivity contribution in [3.05, 3.63) is 23.7 Å². The molecular formula is C15H28N2O2. The second kappa shape index (κ2) is 9.13. The summed E-state index contributed by atoms with van der Waals surface area (Å²) < 4.78 is 10.8. The SMILES string of the molecule is CCCNCc1ccoc1CN(CCOC)C(C)C. The summed E-state index contributed by atoms with van der Waals surface area (Å²) in [5, 5.41) is 3.42. The molecule has 4 heteroatoms. The molecule has 0 aliphatic heterocycles. The van der Waals surface area contributed by atoms with Crippen LogP contribution in [0.15, 0.2) is 16.7 Å². The molecule has 1 N–H and O–H groups in total. The van der Waals surface area contributed by atoms with Crippen molar-refractivity contribution in [2.45, 2.75) is 46.3 Å². The Labute approximate surface area is 117 Å². The quantitative estimate of drug-likeness (QED) is 0.662. The van der Waals surface area contributed by atoms with Crippen molar-refractivity contribution < 1.29 is 9.15 Å². The highest BCUT2D eigenvalue weighted by Crippen LogP contribution is 2.15. The first kappa shape index (κ1) is 16.2. The lowest BCUT2D eigenvalue weighted by Crippen LogP contribution is -2.33. The minimum Gasteiger partial charge on any atom is -0.468 e. The van der Waals surface area contributed by atoms with E-state index in [1.807, 2.05) is 0 Å². The number of methoxy groups -OCH3 is 1. The number of furan rings is 1. The number of nitrogens with zero attached hydrogens (tertiary/aromatic N) is 1. The summed E-state index contributed by atoms with van der Waals surface area (Å²) in [4.78, 5) is 2.37. The molecule has 0 atom stereocenters. The van der Waals surface area contributed by atoms with Crippen LogP contribution in [0.2, 0.25) is 0 Å². The van der Waals surface area contributed by atoms with Crippen LogP contribution in [0.1, 0.15) is 38.5 Å². The molecule has 0 aromatic carbocycles. The van der Waals surface area contributed by atoms with Gasteiger partial charge in [-0.15, -0.1) is 0 Å². The van der Waals surface area contributed by atoms with Crippen molar-refractivity contribution in [2.24, 2.45) is 0 Å². The molecular weight excluding hydrogens is 240 g/mol. The number of rotatable bonds is 10. The van der Waals surface area contributed by atoms with Crippen LogP contribution in [-0.2, 0) is 17.8 Å². The summed E-state index contributed by atoms with van der Waals surface area (Å²) in [6, 6.07) is 2.55. The Kier molecular flexibility index (Phi) is 7.79. The monoisotopic (exact) mass is 268 g/mol. The standard InChI is InChI=1S/C15H28N2O2/c1-5-7-16-11-14-6-9-19-15(14)12-17(13(2)3)8-10-18-4/h6,9,13,16H,5,7-8,10-12H2,1-4H3. The molecule has 0 saturated carbocycles. The highest BCUT2D eigenvalue weighted by Gasteiger charge is 2.14. The Balaban J connectivity index is 2.55. The van der Waals surface area contributed by atoms with Crippen LogP contribution in [-0.4, -0.2) is 37.7 Å². The molecule has 4 nitrogen and oxygen atoms in total. The zero-order valence-corrected chi connectivity index (χ0v) is 12.7. The number of ether oxygens (including phenoxy) is 1. The van der Waals surface area contributed by atoms with Crippen LogP contribution in [0.3, 0.4) is 0 Å². The van der Waals surface area contributed by atoms with Gasteiger partial charge >= 0.3 is 0 Å². The molecule has 0 spiro atoms. The molecule has 110 valence electrons. The third-order valence-corrected chi connectivity index (χ3v) is 3.24. The van der Waals surface area contributed by atoms with E-state index in [0.717, 1.165) is 45.0 Å². The van der Waals surface area contributed by atoms with Gasteiger partial charge < -0.3 is 14.5 Å². The summed E-state index contributed by atoms with van der Waals surface area (Å²) in [6.07, 6.45) is 2.94. The first-order chi connectivity index (χ1) is 9.19. The van der Waals surface area contributed by atoms with E-state index in [4.69, 9.17) is 9.15 Å². The van der Waals surface area contributed by atoms with Gasteiger partial charge in [0.2, 0.25) is 0 Å². The normalized spacial score (nSPS) is 11.7. The zero-order chi connectivity index (χ0) is 14.1. The van der Waals surface area contributed by atoms with E-state index in [0.29, 0.717) is 6.04 Å². The maximum Gasteiger partial charge on any atom is 0.122 e.